The zero-order valence-electron chi connectivity index (χ0n) is 8.41. The first-order valence-corrected chi connectivity index (χ1v) is 4.56. The average molecular weight is 188 g/mol. The summed E-state index contributed by atoms with van der Waals surface area (Å²) in [5.74, 6) is 1.02. The van der Waals surface area contributed by atoms with E-state index in [1.54, 1.807) is 0 Å². The van der Waals surface area contributed by atoms with Gasteiger partial charge in [0.1, 0.15) is 5.52 Å². The molecule has 0 aliphatic rings. The van der Waals surface area contributed by atoms with Crippen molar-refractivity contribution in [3.05, 3.63) is 30.3 Å². The molecule has 0 aliphatic heterocycles. The third-order valence-corrected chi connectivity index (χ3v) is 2.27. The molecule has 0 aliphatic carbocycles. The fraction of sp³-hybridized carbons (Fsp3) is 0.182. The molecule has 0 bridgehead atoms. The molecule has 0 saturated carbocycles. The van der Waals surface area contributed by atoms with Crippen molar-refractivity contribution in [1.29, 1.82) is 0 Å². The van der Waals surface area contributed by atoms with Crippen LogP contribution in [0.3, 0.4) is 0 Å². The first-order valence-electron chi connectivity index (χ1n) is 4.56. The highest BCUT2D eigenvalue weighted by molar-refractivity contribution is 5.88. The summed E-state index contributed by atoms with van der Waals surface area (Å²) in [6, 6.07) is 9.97. The fourth-order valence-corrected chi connectivity index (χ4v) is 1.48. The molecule has 0 radical (unpaired) electrons. The predicted molar refractivity (Wildman–Crippen MR) is 59.2 cm³/mol. The van der Waals surface area contributed by atoms with Gasteiger partial charge in [-0.3, -0.25) is 4.90 Å². The Morgan fingerprint density at radius 1 is 1.21 bits per heavy atom. The van der Waals surface area contributed by atoms with Crippen LogP contribution < -0.4 is 15.6 Å². The number of anilines is 2. The maximum atomic E-state index is 5.95. The molecule has 3 nitrogen and oxygen atoms in total. The van der Waals surface area contributed by atoms with Gasteiger partial charge in [0.25, 0.3) is 5.82 Å². The molecule has 0 atom stereocenters. The van der Waals surface area contributed by atoms with E-state index >= 15 is 0 Å². The number of para-hydroxylation sites is 1. The lowest BCUT2D eigenvalue weighted by atomic mass is 10.2. The minimum Gasteiger partial charge on any atom is -0.398 e. The number of nitrogens with zero attached hydrogens (tertiary/aromatic N) is 1. The van der Waals surface area contributed by atoms with Crippen molar-refractivity contribution >= 4 is 22.4 Å². The molecule has 0 unspecified atom stereocenters. The Morgan fingerprint density at radius 3 is 2.64 bits per heavy atom. The van der Waals surface area contributed by atoms with Crippen molar-refractivity contribution < 1.29 is 4.98 Å². The van der Waals surface area contributed by atoms with Crippen LogP contribution in [-0.4, -0.2) is 14.1 Å². The highest BCUT2D eigenvalue weighted by atomic mass is 15.1. The molecule has 3 N–H and O–H groups in total. The summed E-state index contributed by atoms with van der Waals surface area (Å²) in [5, 5.41) is 1.07. The second-order valence-corrected chi connectivity index (χ2v) is 3.55. The number of aromatic amines is 1. The number of aromatic nitrogens is 1. The molecular formula is C11H14N3+. The molecule has 72 valence electrons. The second kappa shape index (κ2) is 3.18. The lowest BCUT2D eigenvalue weighted by molar-refractivity contribution is -0.329. The van der Waals surface area contributed by atoms with Crippen LogP contribution in [0.4, 0.5) is 11.5 Å². The molecule has 1 heterocycles. The van der Waals surface area contributed by atoms with Crippen molar-refractivity contribution in [3.8, 4) is 0 Å². The first-order chi connectivity index (χ1) is 6.68. The molecular weight excluding hydrogens is 174 g/mol. The van der Waals surface area contributed by atoms with Crippen molar-refractivity contribution in [2.45, 2.75) is 0 Å². The van der Waals surface area contributed by atoms with Crippen LogP contribution in [0.2, 0.25) is 0 Å². The maximum Gasteiger partial charge on any atom is 0.276 e. The number of nitrogens with one attached hydrogen (secondary N) is 1. The minimum atomic E-state index is 0.808. The lowest BCUT2D eigenvalue weighted by Gasteiger charge is -2.06. The Balaban J connectivity index is 2.72. The monoisotopic (exact) mass is 188 g/mol. The molecule has 0 saturated heterocycles. The van der Waals surface area contributed by atoms with Crippen molar-refractivity contribution in [3.63, 3.8) is 0 Å². The Labute approximate surface area is 83.2 Å². The Kier molecular flexibility index (Phi) is 2.00. The zero-order chi connectivity index (χ0) is 10.1. The number of hydrogen-bond donors (Lipinski definition) is 1. The van der Waals surface area contributed by atoms with Gasteiger partial charge >= 0.3 is 0 Å². The van der Waals surface area contributed by atoms with E-state index in [4.69, 9.17) is 5.73 Å². The quantitative estimate of drug-likeness (QED) is 0.733. The summed E-state index contributed by atoms with van der Waals surface area (Å²) < 4.78 is 0. The van der Waals surface area contributed by atoms with Crippen LogP contribution in [0.1, 0.15) is 0 Å². The number of pyridine rings is 1. The van der Waals surface area contributed by atoms with Gasteiger partial charge in [-0.05, 0) is 12.1 Å². The number of rotatable bonds is 1. The van der Waals surface area contributed by atoms with E-state index in [1.807, 2.05) is 49.3 Å². The second-order valence-electron chi connectivity index (χ2n) is 3.55. The summed E-state index contributed by atoms with van der Waals surface area (Å²) in [5.41, 5.74) is 7.82. The van der Waals surface area contributed by atoms with Gasteiger partial charge in [0.2, 0.25) is 0 Å². The average Bonchev–Trinajstić information content (AvgIpc) is 2.17. The number of H-pyrrole nitrogens is 1. The van der Waals surface area contributed by atoms with Gasteiger partial charge in [0.15, 0.2) is 0 Å². The van der Waals surface area contributed by atoms with Gasteiger partial charge in [-0.25, -0.2) is 4.98 Å². The van der Waals surface area contributed by atoms with Crippen LogP contribution in [0, 0.1) is 0 Å². The minimum absolute atomic E-state index is 0.808. The largest absolute Gasteiger partial charge is 0.398 e. The summed E-state index contributed by atoms with van der Waals surface area (Å²) >= 11 is 0. The van der Waals surface area contributed by atoms with Gasteiger partial charge in [0, 0.05) is 5.39 Å². The normalized spacial score (nSPS) is 10.4. The molecule has 1 aromatic heterocycles. The van der Waals surface area contributed by atoms with E-state index in [0.717, 1.165) is 22.4 Å². The first kappa shape index (κ1) is 8.81. The topological polar surface area (TPSA) is 43.4 Å². The smallest absolute Gasteiger partial charge is 0.276 e. The van der Waals surface area contributed by atoms with Crippen molar-refractivity contribution in [2.75, 3.05) is 24.7 Å². The van der Waals surface area contributed by atoms with Crippen LogP contribution in [0.15, 0.2) is 30.3 Å². The highest BCUT2D eigenvalue weighted by Gasteiger charge is 2.08. The highest BCUT2D eigenvalue weighted by Crippen LogP contribution is 2.19. The molecule has 0 amide bonds. The molecule has 2 rings (SSSR count). The molecule has 1 aromatic carbocycles. The van der Waals surface area contributed by atoms with E-state index in [9.17, 15) is 0 Å². The summed E-state index contributed by atoms with van der Waals surface area (Å²) in [4.78, 5) is 5.32. The number of nitrogen functional groups attached to an aromatic ring is 1. The zero-order valence-corrected chi connectivity index (χ0v) is 8.41. The summed E-state index contributed by atoms with van der Waals surface area (Å²) in [6.45, 7) is 0. The van der Waals surface area contributed by atoms with Crippen molar-refractivity contribution in [1.82, 2.24) is 0 Å². The molecule has 3 heteroatoms. The number of benzene rings is 1. The fourth-order valence-electron chi connectivity index (χ4n) is 1.48. The van der Waals surface area contributed by atoms with Crippen LogP contribution in [-0.2, 0) is 0 Å². The Hall–Kier alpha value is -1.77. The van der Waals surface area contributed by atoms with Gasteiger partial charge in [0.05, 0.1) is 25.8 Å². The molecule has 14 heavy (non-hydrogen) atoms. The van der Waals surface area contributed by atoms with Crippen LogP contribution in [0.25, 0.3) is 10.9 Å². The third-order valence-electron chi connectivity index (χ3n) is 2.27. The van der Waals surface area contributed by atoms with Crippen LogP contribution >= 0.6 is 0 Å². The Bertz CT molecular complexity index is 463. The van der Waals surface area contributed by atoms with Gasteiger partial charge in [-0.1, -0.05) is 12.1 Å². The molecule has 0 fully saturated rings. The van der Waals surface area contributed by atoms with E-state index < -0.39 is 0 Å². The lowest BCUT2D eigenvalue weighted by Crippen LogP contribution is -2.21. The standard InChI is InChI=1S/C11H13N3/c1-14(2)11-7-9(12)8-5-3-4-6-10(8)13-11/h3-7H,1-2H3,(H2,12,13)/p+1. The summed E-state index contributed by atoms with van der Waals surface area (Å²) in [6.07, 6.45) is 0. The van der Waals surface area contributed by atoms with Crippen molar-refractivity contribution in [2.24, 2.45) is 0 Å². The van der Waals surface area contributed by atoms with Gasteiger partial charge in [-0.2, -0.15) is 0 Å². The maximum absolute atomic E-state index is 5.95. The summed E-state index contributed by atoms with van der Waals surface area (Å²) in [7, 11) is 3.97. The molecule has 2 aromatic rings. The van der Waals surface area contributed by atoms with Crippen LogP contribution in [0.5, 0.6) is 0 Å². The van der Waals surface area contributed by atoms with E-state index in [-0.39, 0.29) is 0 Å². The predicted octanol–water partition coefficient (Wildman–Crippen LogP) is 1.30. The Morgan fingerprint density at radius 2 is 1.93 bits per heavy atom. The number of hydrogen-bond acceptors (Lipinski definition) is 2. The van der Waals surface area contributed by atoms with E-state index in [1.165, 1.54) is 0 Å². The third kappa shape index (κ3) is 1.37. The van der Waals surface area contributed by atoms with E-state index in [2.05, 4.69) is 4.98 Å². The SMILES string of the molecule is CN(C)c1cc(N)c2ccccc2[nH+]1. The number of fused-ring (bicyclic) bond motifs is 1. The van der Waals surface area contributed by atoms with Gasteiger partial charge in [-0.15, -0.1) is 0 Å². The van der Waals surface area contributed by atoms with Gasteiger partial charge < -0.3 is 5.73 Å². The molecule has 0 spiro atoms. The van der Waals surface area contributed by atoms with E-state index in [0.29, 0.717) is 0 Å². The number of nitrogens with two attached hydrogens (primary N) is 1.